The SMILES string of the molecule is Cc1ccc(C(=O)NN2C(=O)N[C@](C)(CCc3ccccc3)C2=O)cn1. The van der Waals surface area contributed by atoms with Gasteiger partial charge in [0.2, 0.25) is 0 Å². The number of nitrogens with one attached hydrogen (secondary N) is 2. The Hall–Kier alpha value is -3.22. The van der Waals surface area contributed by atoms with Gasteiger partial charge in [0.1, 0.15) is 5.54 Å². The second kappa shape index (κ2) is 6.95. The number of amides is 4. The third kappa shape index (κ3) is 3.56. The molecule has 4 amide bonds. The van der Waals surface area contributed by atoms with Crippen LogP contribution < -0.4 is 10.7 Å². The molecule has 2 heterocycles. The van der Waals surface area contributed by atoms with E-state index in [4.69, 9.17) is 0 Å². The summed E-state index contributed by atoms with van der Waals surface area (Å²) in [7, 11) is 0. The normalized spacial score (nSPS) is 19.4. The van der Waals surface area contributed by atoms with Gasteiger partial charge in [-0.15, -0.1) is 0 Å². The Balaban J connectivity index is 1.67. The smallest absolute Gasteiger partial charge is 0.322 e. The zero-order valence-electron chi connectivity index (χ0n) is 14.7. The fraction of sp³-hybridized carbons (Fsp3) is 0.263. The van der Waals surface area contributed by atoms with Gasteiger partial charge in [0.15, 0.2) is 0 Å². The first-order valence-electron chi connectivity index (χ1n) is 8.33. The average molecular weight is 352 g/mol. The number of urea groups is 1. The molecule has 7 heteroatoms. The molecule has 7 nitrogen and oxygen atoms in total. The molecule has 2 aromatic rings. The molecule has 1 aromatic carbocycles. The molecule has 1 aromatic heterocycles. The highest BCUT2D eigenvalue weighted by Crippen LogP contribution is 2.22. The van der Waals surface area contributed by atoms with Crippen LogP contribution in [-0.2, 0) is 11.2 Å². The van der Waals surface area contributed by atoms with E-state index < -0.39 is 23.4 Å². The molecule has 1 aliphatic rings. The summed E-state index contributed by atoms with van der Waals surface area (Å²) in [6.07, 6.45) is 2.46. The Bertz CT molecular complexity index is 836. The summed E-state index contributed by atoms with van der Waals surface area (Å²) in [6.45, 7) is 3.47. The van der Waals surface area contributed by atoms with E-state index >= 15 is 0 Å². The minimum absolute atomic E-state index is 0.272. The molecule has 0 aliphatic carbocycles. The lowest BCUT2D eigenvalue weighted by Gasteiger charge is -2.21. The highest BCUT2D eigenvalue weighted by molar-refractivity contribution is 6.09. The zero-order chi connectivity index (χ0) is 18.7. The number of pyridine rings is 1. The molecule has 1 aliphatic heterocycles. The zero-order valence-corrected chi connectivity index (χ0v) is 14.7. The molecule has 0 radical (unpaired) electrons. The molecule has 2 N–H and O–H groups in total. The van der Waals surface area contributed by atoms with Crippen molar-refractivity contribution in [1.29, 1.82) is 0 Å². The van der Waals surface area contributed by atoms with Crippen molar-refractivity contribution in [3.63, 3.8) is 0 Å². The predicted octanol–water partition coefficient (Wildman–Crippen LogP) is 1.98. The van der Waals surface area contributed by atoms with Crippen LogP contribution in [0, 0.1) is 6.92 Å². The Kier molecular flexibility index (Phi) is 4.71. The first kappa shape index (κ1) is 17.6. The van der Waals surface area contributed by atoms with Gasteiger partial charge in [0.25, 0.3) is 11.8 Å². The molecule has 0 bridgehead atoms. The van der Waals surface area contributed by atoms with Crippen LogP contribution in [0.5, 0.6) is 0 Å². The lowest BCUT2D eigenvalue weighted by molar-refractivity contribution is -0.132. The van der Waals surface area contributed by atoms with E-state index in [1.165, 1.54) is 6.20 Å². The Morgan fingerprint density at radius 2 is 1.92 bits per heavy atom. The van der Waals surface area contributed by atoms with Gasteiger partial charge in [-0.05, 0) is 44.4 Å². The maximum Gasteiger partial charge on any atom is 0.344 e. The first-order chi connectivity index (χ1) is 12.4. The molecule has 0 saturated carbocycles. The Morgan fingerprint density at radius 3 is 2.58 bits per heavy atom. The van der Waals surface area contributed by atoms with Crippen LogP contribution in [0.1, 0.15) is 35.0 Å². The van der Waals surface area contributed by atoms with Gasteiger partial charge in [-0.2, -0.15) is 5.01 Å². The van der Waals surface area contributed by atoms with Crippen LogP contribution in [0.15, 0.2) is 48.7 Å². The van der Waals surface area contributed by atoms with Gasteiger partial charge in [-0.1, -0.05) is 30.3 Å². The number of carbonyl (C=O) groups is 3. The Labute approximate surface area is 151 Å². The van der Waals surface area contributed by atoms with Crippen LogP contribution >= 0.6 is 0 Å². The number of hydrazine groups is 1. The number of aryl methyl sites for hydroxylation is 2. The number of nitrogens with zero attached hydrogens (tertiary/aromatic N) is 2. The average Bonchev–Trinajstić information content (AvgIpc) is 2.85. The summed E-state index contributed by atoms with van der Waals surface area (Å²) >= 11 is 0. The van der Waals surface area contributed by atoms with E-state index in [1.54, 1.807) is 26.0 Å². The van der Waals surface area contributed by atoms with Crippen molar-refractivity contribution in [3.05, 3.63) is 65.5 Å². The van der Waals surface area contributed by atoms with E-state index in [0.29, 0.717) is 12.8 Å². The highest BCUT2D eigenvalue weighted by Gasteiger charge is 2.48. The fourth-order valence-corrected chi connectivity index (χ4v) is 2.76. The molecule has 1 atom stereocenters. The topological polar surface area (TPSA) is 91.4 Å². The van der Waals surface area contributed by atoms with E-state index in [9.17, 15) is 14.4 Å². The second-order valence-electron chi connectivity index (χ2n) is 6.52. The van der Waals surface area contributed by atoms with Gasteiger partial charge >= 0.3 is 6.03 Å². The van der Waals surface area contributed by atoms with Crippen molar-refractivity contribution in [2.75, 3.05) is 0 Å². The number of aromatic nitrogens is 1. The molecule has 1 saturated heterocycles. The molecular weight excluding hydrogens is 332 g/mol. The van der Waals surface area contributed by atoms with Crippen LogP contribution in [0.3, 0.4) is 0 Å². The Morgan fingerprint density at radius 1 is 1.19 bits per heavy atom. The lowest BCUT2D eigenvalue weighted by atomic mass is 9.93. The van der Waals surface area contributed by atoms with E-state index in [1.807, 2.05) is 30.3 Å². The van der Waals surface area contributed by atoms with Crippen LogP contribution in [0.4, 0.5) is 4.79 Å². The second-order valence-corrected chi connectivity index (χ2v) is 6.52. The number of rotatable bonds is 5. The van der Waals surface area contributed by atoms with Crippen molar-refractivity contribution in [1.82, 2.24) is 20.7 Å². The highest BCUT2D eigenvalue weighted by atomic mass is 16.2. The van der Waals surface area contributed by atoms with Crippen molar-refractivity contribution in [2.24, 2.45) is 0 Å². The number of hydrogen-bond donors (Lipinski definition) is 2. The third-order valence-electron chi connectivity index (χ3n) is 4.40. The molecule has 0 spiro atoms. The minimum Gasteiger partial charge on any atom is -0.322 e. The first-order valence-corrected chi connectivity index (χ1v) is 8.33. The molecule has 1 fully saturated rings. The van der Waals surface area contributed by atoms with Crippen molar-refractivity contribution >= 4 is 17.8 Å². The summed E-state index contributed by atoms with van der Waals surface area (Å²) in [5, 5.41) is 3.42. The molecule has 134 valence electrons. The summed E-state index contributed by atoms with van der Waals surface area (Å²) in [6, 6.07) is 12.3. The monoisotopic (exact) mass is 352 g/mol. The van der Waals surface area contributed by atoms with Gasteiger partial charge < -0.3 is 5.32 Å². The quantitative estimate of drug-likeness (QED) is 0.805. The number of imide groups is 1. The predicted molar refractivity (Wildman–Crippen MR) is 95.0 cm³/mol. The van der Waals surface area contributed by atoms with Crippen LogP contribution in [-0.4, -0.2) is 33.4 Å². The summed E-state index contributed by atoms with van der Waals surface area (Å²) < 4.78 is 0. The van der Waals surface area contributed by atoms with E-state index in [0.717, 1.165) is 16.3 Å². The summed E-state index contributed by atoms with van der Waals surface area (Å²) in [5.74, 6) is -1.04. The van der Waals surface area contributed by atoms with Gasteiger partial charge in [0, 0.05) is 11.9 Å². The van der Waals surface area contributed by atoms with E-state index in [2.05, 4.69) is 15.7 Å². The van der Waals surface area contributed by atoms with Crippen molar-refractivity contribution < 1.29 is 14.4 Å². The maximum atomic E-state index is 12.7. The number of hydrogen-bond acceptors (Lipinski definition) is 4. The van der Waals surface area contributed by atoms with Crippen LogP contribution in [0.2, 0.25) is 0 Å². The third-order valence-corrected chi connectivity index (χ3v) is 4.40. The van der Waals surface area contributed by atoms with Crippen molar-refractivity contribution in [2.45, 2.75) is 32.2 Å². The summed E-state index contributed by atoms with van der Waals surface area (Å²) in [4.78, 5) is 41.2. The van der Waals surface area contributed by atoms with Crippen LogP contribution in [0.25, 0.3) is 0 Å². The standard InChI is InChI=1S/C19H20N4O3/c1-13-8-9-15(12-20-13)16(24)22-23-17(25)19(2,21-18(23)26)11-10-14-6-4-3-5-7-14/h3-9,12H,10-11H2,1-2H3,(H,21,26)(H,22,24)/t19-/m1/s1. The van der Waals surface area contributed by atoms with Gasteiger partial charge in [-0.3, -0.25) is 20.0 Å². The molecule has 26 heavy (non-hydrogen) atoms. The van der Waals surface area contributed by atoms with E-state index in [-0.39, 0.29) is 5.56 Å². The maximum absolute atomic E-state index is 12.7. The fourth-order valence-electron chi connectivity index (χ4n) is 2.76. The molecule has 0 unspecified atom stereocenters. The number of carbonyl (C=O) groups excluding carboxylic acids is 3. The van der Waals surface area contributed by atoms with Gasteiger partial charge in [0.05, 0.1) is 5.56 Å². The van der Waals surface area contributed by atoms with Crippen molar-refractivity contribution in [3.8, 4) is 0 Å². The molecule has 3 rings (SSSR count). The summed E-state index contributed by atoms with van der Waals surface area (Å²) in [5.41, 5.74) is 3.41. The number of benzene rings is 1. The lowest BCUT2D eigenvalue weighted by Crippen LogP contribution is -2.49. The van der Waals surface area contributed by atoms with Gasteiger partial charge in [-0.25, -0.2) is 4.79 Å². The largest absolute Gasteiger partial charge is 0.344 e. The minimum atomic E-state index is -1.06. The molecular formula is C19H20N4O3.